The first kappa shape index (κ1) is 35.2. The van der Waals surface area contributed by atoms with Crippen LogP contribution in [0, 0.1) is 24.1 Å². The molecule has 0 aliphatic carbocycles. The number of unbranched alkanes of at least 4 members (excludes halogenated alkanes) is 1. The molecule has 1 aromatic heterocycles. The topological polar surface area (TPSA) is 77.9 Å². The molecule has 1 atom stereocenters. The minimum Gasteiger partial charge on any atom is -0.389 e. The molecule has 1 aromatic carbocycles. The van der Waals surface area contributed by atoms with E-state index in [2.05, 4.69) is 63.4 Å². The normalized spacial score (nSPS) is 16.8. The molecule has 0 spiro atoms. The van der Waals surface area contributed by atoms with Gasteiger partial charge < -0.3 is 20.3 Å². The Bertz CT molecular complexity index is 1480. The van der Waals surface area contributed by atoms with Crippen LogP contribution in [0.3, 0.4) is 0 Å². The molecule has 44 heavy (non-hydrogen) atoms. The van der Waals surface area contributed by atoms with Gasteiger partial charge >= 0.3 is 0 Å². The first-order valence-electron chi connectivity index (χ1n) is 15.5. The zero-order valence-electron chi connectivity index (χ0n) is 27.3. The SMILES string of the molecule is C=C(c1c(/C(F)=C\C)sc(N)c1C#N)c1c(F)c(C)c(/C=N\C(=C\CCC)N2CCCC2CN(C)C)c2c1COC2.CCC. The zero-order chi connectivity index (χ0) is 32.6. The molecule has 238 valence electrons. The van der Waals surface area contributed by atoms with Gasteiger partial charge in [0.25, 0.3) is 0 Å². The van der Waals surface area contributed by atoms with E-state index in [9.17, 15) is 9.65 Å². The largest absolute Gasteiger partial charge is 0.389 e. The molecule has 1 saturated heterocycles. The minimum atomic E-state index is -0.533. The van der Waals surface area contributed by atoms with Crippen molar-refractivity contribution in [2.45, 2.75) is 86.0 Å². The summed E-state index contributed by atoms with van der Waals surface area (Å²) in [5, 5.41) is 9.98. The van der Waals surface area contributed by atoms with E-state index in [1.807, 2.05) is 0 Å². The van der Waals surface area contributed by atoms with Crippen molar-refractivity contribution in [3.05, 3.63) is 74.2 Å². The lowest BCUT2D eigenvalue weighted by molar-refractivity contribution is 0.134. The van der Waals surface area contributed by atoms with E-state index in [1.165, 1.54) is 12.5 Å². The number of rotatable bonds is 10. The van der Waals surface area contributed by atoms with E-state index in [0.29, 0.717) is 29.3 Å². The number of thiophene rings is 1. The zero-order valence-corrected chi connectivity index (χ0v) is 28.1. The lowest BCUT2D eigenvalue weighted by atomic mass is 9.86. The number of allylic oxidation sites excluding steroid dienone is 2. The number of aliphatic imine (C=N–C) groups is 1. The van der Waals surface area contributed by atoms with Crippen molar-refractivity contribution in [1.82, 2.24) is 9.80 Å². The summed E-state index contributed by atoms with van der Waals surface area (Å²) in [6.07, 6.45) is 10.6. The fourth-order valence-corrected chi connectivity index (χ4v) is 6.73. The van der Waals surface area contributed by atoms with Crippen LogP contribution in [-0.2, 0) is 18.0 Å². The number of likely N-dealkylation sites (tertiary alicyclic amines) is 1. The van der Waals surface area contributed by atoms with Crippen molar-refractivity contribution < 1.29 is 13.5 Å². The molecule has 0 saturated carbocycles. The van der Waals surface area contributed by atoms with Gasteiger partial charge in [-0.15, -0.1) is 11.3 Å². The maximum absolute atomic E-state index is 16.3. The van der Waals surface area contributed by atoms with Crippen LogP contribution in [0.2, 0.25) is 0 Å². The molecular formula is C35H47F2N5OS. The second-order valence-corrected chi connectivity index (χ2v) is 12.6. The lowest BCUT2D eigenvalue weighted by Gasteiger charge is -2.29. The van der Waals surface area contributed by atoms with Crippen LogP contribution in [0.5, 0.6) is 0 Å². The van der Waals surface area contributed by atoms with E-state index in [-0.39, 0.29) is 38.7 Å². The average molecular weight is 624 g/mol. The summed E-state index contributed by atoms with van der Waals surface area (Å²) in [4.78, 5) is 9.69. The standard InChI is InChI=1S/C32H39F2N5OS.C3H8/c1-7-9-12-27(39-13-10-11-21(39)16-38(5)6)37-15-23-19(3)30(34)28(25-18-40-17-24(23)25)20(4)29-22(14-35)32(36)41-31(29)26(33)8-2;1-3-2/h8,12,15,21H,4,7,9-11,13,16-18,36H2,1-3,5-6H3;3H2,1-2H3/b26-8+,27-12-,37-15-;. The summed E-state index contributed by atoms with van der Waals surface area (Å²) < 4.78 is 37.0. The van der Waals surface area contributed by atoms with Crippen LogP contribution >= 0.6 is 11.3 Å². The van der Waals surface area contributed by atoms with Gasteiger partial charge in [0.1, 0.15) is 28.5 Å². The summed E-state index contributed by atoms with van der Waals surface area (Å²) in [5.41, 5.74) is 9.42. The number of anilines is 1. The van der Waals surface area contributed by atoms with Gasteiger partial charge in [-0.05, 0) is 75.5 Å². The van der Waals surface area contributed by atoms with Gasteiger partial charge in [0.05, 0.1) is 23.7 Å². The van der Waals surface area contributed by atoms with E-state index in [4.69, 9.17) is 15.5 Å². The van der Waals surface area contributed by atoms with Crippen LogP contribution < -0.4 is 5.73 Å². The molecule has 9 heteroatoms. The van der Waals surface area contributed by atoms with Crippen LogP contribution in [0.15, 0.2) is 29.5 Å². The van der Waals surface area contributed by atoms with Crippen LogP contribution in [0.25, 0.3) is 11.4 Å². The fraction of sp³-hybridized carbons (Fsp3) is 0.486. The molecule has 0 bridgehead atoms. The molecule has 0 radical (unpaired) electrons. The Morgan fingerprint density at radius 3 is 2.55 bits per heavy atom. The number of ether oxygens (including phenoxy) is 1. The number of nitrogen functional groups attached to an aromatic ring is 1. The van der Waals surface area contributed by atoms with Gasteiger partial charge in [0, 0.05) is 42.0 Å². The molecule has 4 rings (SSSR count). The van der Waals surface area contributed by atoms with E-state index >= 15 is 4.39 Å². The van der Waals surface area contributed by atoms with Crippen LogP contribution in [-0.4, -0.2) is 49.2 Å². The number of hydrogen-bond acceptors (Lipinski definition) is 7. The highest BCUT2D eigenvalue weighted by Gasteiger charge is 2.31. The van der Waals surface area contributed by atoms with Crippen LogP contribution in [0.1, 0.15) is 104 Å². The average Bonchev–Trinajstić information content (AvgIpc) is 3.73. The van der Waals surface area contributed by atoms with Crippen molar-refractivity contribution in [1.29, 1.82) is 5.26 Å². The van der Waals surface area contributed by atoms with Gasteiger partial charge in [0.15, 0.2) is 0 Å². The number of benzene rings is 1. The van der Waals surface area contributed by atoms with Crippen molar-refractivity contribution in [2.24, 2.45) is 4.99 Å². The lowest BCUT2D eigenvalue weighted by Crippen LogP contribution is -2.36. The fourth-order valence-electron chi connectivity index (χ4n) is 5.72. The van der Waals surface area contributed by atoms with Gasteiger partial charge in [-0.1, -0.05) is 46.3 Å². The van der Waals surface area contributed by atoms with E-state index in [1.54, 1.807) is 20.1 Å². The first-order valence-corrected chi connectivity index (χ1v) is 16.3. The van der Waals surface area contributed by atoms with Gasteiger partial charge in [-0.3, -0.25) is 0 Å². The third-order valence-corrected chi connectivity index (χ3v) is 8.77. The number of likely N-dealkylation sites (N-methyl/N-ethyl adjacent to an activating group) is 1. The van der Waals surface area contributed by atoms with Crippen LogP contribution in [0.4, 0.5) is 13.8 Å². The van der Waals surface area contributed by atoms with E-state index in [0.717, 1.165) is 61.5 Å². The molecule has 3 heterocycles. The molecule has 1 fully saturated rings. The number of nitrogens with zero attached hydrogens (tertiary/aromatic N) is 4. The summed E-state index contributed by atoms with van der Waals surface area (Å²) >= 11 is 0.964. The predicted molar refractivity (Wildman–Crippen MR) is 181 cm³/mol. The van der Waals surface area contributed by atoms with Crippen molar-refractivity contribution in [3.63, 3.8) is 0 Å². The third-order valence-electron chi connectivity index (χ3n) is 7.75. The van der Waals surface area contributed by atoms with Gasteiger partial charge in [-0.25, -0.2) is 13.8 Å². The van der Waals surface area contributed by atoms with E-state index < -0.39 is 11.6 Å². The molecule has 2 N–H and O–H groups in total. The second-order valence-electron chi connectivity index (χ2n) is 11.5. The number of fused-ring (bicyclic) bond motifs is 1. The Labute approximate surface area is 266 Å². The maximum atomic E-state index is 16.3. The minimum absolute atomic E-state index is 0.103. The second kappa shape index (κ2) is 16.1. The molecule has 2 aliphatic rings. The Morgan fingerprint density at radius 1 is 1.25 bits per heavy atom. The highest BCUT2D eigenvalue weighted by atomic mass is 32.1. The highest BCUT2D eigenvalue weighted by Crippen LogP contribution is 2.45. The Morgan fingerprint density at radius 2 is 1.93 bits per heavy atom. The Kier molecular flexibility index (Phi) is 12.9. The third kappa shape index (κ3) is 7.48. The number of hydrogen-bond donors (Lipinski definition) is 1. The predicted octanol–water partition coefficient (Wildman–Crippen LogP) is 8.57. The Balaban J connectivity index is 0.00000169. The maximum Gasteiger partial charge on any atom is 0.136 e. The number of nitrogens with two attached hydrogens (primary N) is 1. The summed E-state index contributed by atoms with van der Waals surface area (Å²) in [6.45, 7) is 16.2. The molecule has 2 aromatic rings. The molecule has 2 aliphatic heterocycles. The molecular weight excluding hydrogens is 576 g/mol. The monoisotopic (exact) mass is 623 g/mol. The number of halogens is 2. The summed E-state index contributed by atoms with van der Waals surface area (Å²) in [7, 11) is 4.17. The molecule has 1 unspecified atom stereocenters. The number of nitriles is 1. The van der Waals surface area contributed by atoms with Gasteiger partial charge in [0.2, 0.25) is 0 Å². The smallest absolute Gasteiger partial charge is 0.136 e. The quantitative estimate of drug-likeness (QED) is 0.268. The highest BCUT2D eigenvalue weighted by molar-refractivity contribution is 7.17. The molecule has 6 nitrogen and oxygen atoms in total. The summed E-state index contributed by atoms with van der Waals surface area (Å²) in [5.74, 6) is -0.100. The van der Waals surface area contributed by atoms with Crippen molar-refractivity contribution in [3.8, 4) is 6.07 Å². The van der Waals surface area contributed by atoms with Gasteiger partial charge in [-0.2, -0.15) is 5.26 Å². The first-order chi connectivity index (χ1) is 21.1. The van der Waals surface area contributed by atoms with Crippen molar-refractivity contribution in [2.75, 3.05) is 32.9 Å². The Hall–Kier alpha value is -3.32. The van der Waals surface area contributed by atoms with Crippen molar-refractivity contribution >= 4 is 34.0 Å². The molecule has 0 amide bonds. The summed E-state index contributed by atoms with van der Waals surface area (Å²) in [6, 6.07) is 2.44.